The van der Waals surface area contributed by atoms with Gasteiger partial charge in [0.2, 0.25) is 0 Å². The lowest BCUT2D eigenvalue weighted by Crippen LogP contribution is -1.99. The molecule has 23 heavy (non-hydrogen) atoms. The number of imidazole rings is 1. The molecule has 0 aliphatic heterocycles. The van der Waals surface area contributed by atoms with E-state index in [9.17, 15) is 5.26 Å². The zero-order valence-corrected chi connectivity index (χ0v) is 14.8. The third-order valence-electron chi connectivity index (χ3n) is 4.17. The fraction of sp³-hybridized carbons (Fsp3) is 0.368. The normalized spacial score (nSPS) is 11.5. The molecule has 0 atom stereocenters. The van der Waals surface area contributed by atoms with Gasteiger partial charge in [-0.3, -0.25) is 4.40 Å². The number of nitrogens with zero attached hydrogens (tertiary/aromatic N) is 3. The van der Waals surface area contributed by atoms with Crippen LogP contribution in [0.2, 0.25) is 0 Å². The lowest BCUT2D eigenvalue weighted by atomic mass is 10.00. The van der Waals surface area contributed by atoms with Crippen molar-refractivity contribution < 1.29 is 0 Å². The number of nitriles is 1. The van der Waals surface area contributed by atoms with Crippen LogP contribution in [0.3, 0.4) is 0 Å². The molecule has 3 nitrogen and oxygen atoms in total. The van der Waals surface area contributed by atoms with Crippen LogP contribution in [0.1, 0.15) is 56.5 Å². The van der Waals surface area contributed by atoms with E-state index in [1.807, 2.05) is 0 Å². The first kappa shape index (κ1) is 15.8. The van der Waals surface area contributed by atoms with Crippen molar-refractivity contribution in [3.05, 3.63) is 46.6 Å². The number of hydrogen-bond donors (Lipinski definition) is 0. The second kappa shape index (κ2) is 6.17. The van der Waals surface area contributed by atoms with Gasteiger partial charge in [-0.1, -0.05) is 52.0 Å². The van der Waals surface area contributed by atoms with Crippen LogP contribution in [0.15, 0.2) is 29.6 Å². The van der Waals surface area contributed by atoms with Crippen LogP contribution in [0.25, 0.3) is 16.2 Å². The van der Waals surface area contributed by atoms with Gasteiger partial charge in [-0.25, -0.2) is 4.98 Å². The summed E-state index contributed by atoms with van der Waals surface area (Å²) in [6.07, 6.45) is 0.374. The van der Waals surface area contributed by atoms with Crippen LogP contribution >= 0.6 is 11.3 Å². The molecule has 0 amide bonds. The van der Waals surface area contributed by atoms with Gasteiger partial charge in [0, 0.05) is 16.6 Å². The minimum Gasteiger partial charge on any atom is -0.290 e. The first-order valence-electron chi connectivity index (χ1n) is 7.99. The summed E-state index contributed by atoms with van der Waals surface area (Å²) in [7, 11) is 0. The van der Waals surface area contributed by atoms with Gasteiger partial charge >= 0.3 is 0 Å². The highest BCUT2D eigenvalue weighted by atomic mass is 32.1. The summed E-state index contributed by atoms with van der Waals surface area (Å²) < 4.78 is 2.17. The first-order valence-corrected chi connectivity index (χ1v) is 8.87. The lowest BCUT2D eigenvalue weighted by Gasteiger charge is -2.08. The molecule has 4 heteroatoms. The number of hydrogen-bond acceptors (Lipinski definition) is 3. The molecule has 0 aliphatic rings. The first-order chi connectivity index (χ1) is 11.0. The van der Waals surface area contributed by atoms with E-state index in [4.69, 9.17) is 4.98 Å². The largest absolute Gasteiger partial charge is 0.290 e. The van der Waals surface area contributed by atoms with Crippen molar-refractivity contribution >= 4 is 16.3 Å². The third kappa shape index (κ3) is 2.77. The van der Waals surface area contributed by atoms with Gasteiger partial charge in [0.25, 0.3) is 0 Å². The van der Waals surface area contributed by atoms with Crippen molar-refractivity contribution in [2.24, 2.45) is 0 Å². The summed E-state index contributed by atoms with van der Waals surface area (Å²) in [6.45, 7) is 8.73. The highest BCUT2D eigenvalue weighted by molar-refractivity contribution is 7.15. The average Bonchev–Trinajstić information content (AvgIpc) is 3.08. The third-order valence-corrected chi connectivity index (χ3v) is 5.02. The maximum atomic E-state index is 9.27. The summed E-state index contributed by atoms with van der Waals surface area (Å²) >= 11 is 1.65. The molecule has 118 valence electrons. The van der Waals surface area contributed by atoms with Gasteiger partial charge in [-0.2, -0.15) is 5.26 Å². The second-order valence-electron chi connectivity index (χ2n) is 6.45. The molecule has 0 spiro atoms. The quantitative estimate of drug-likeness (QED) is 0.647. The van der Waals surface area contributed by atoms with Crippen LogP contribution in [0, 0.1) is 11.3 Å². The van der Waals surface area contributed by atoms with Gasteiger partial charge in [-0.05, 0) is 17.4 Å². The maximum Gasteiger partial charge on any atom is 0.194 e. The molecular weight excluding hydrogens is 302 g/mol. The Morgan fingerprint density at radius 1 is 1.13 bits per heavy atom. The number of benzene rings is 1. The fourth-order valence-electron chi connectivity index (χ4n) is 2.83. The summed E-state index contributed by atoms with van der Waals surface area (Å²) in [4.78, 5) is 5.78. The standard InChI is InChI=1S/C19H21N3S/c1-12(2)14-5-7-15(8-6-14)18-16(9-10-20)22-17(13(3)4)11-23-19(22)21-18/h5-8,11-13H,9H2,1-4H3. The Morgan fingerprint density at radius 3 is 2.39 bits per heavy atom. The van der Waals surface area contributed by atoms with E-state index in [1.54, 1.807) is 11.3 Å². The van der Waals surface area contributed by atoms with Crippen molar-refractivity contribution in [2.75, 3.05) is 0 Å². The smallest absolute Gasteiger partial charge is 0.194 e. The Bertz CT molecular complexity index is 861. The van der Waals surface area contributed by atoms with Crippen LogP contribution < -0.4 is 0 Å². The molecule has 3 aromatic rings. The van der Waals surface area contributed by atoms with Crippen LogP contribution in [0.4, 0.5) is 0 Å². The van der Waals surface area contributed by atoms with Gasteiger partial charge in [0.15, 0.2) is 4.96 Å². The Hall–Kier alpha value is -2.12. The molecule has 0 saturated carbocycles. The van der Waals surface area contributed by atoms with Crippen molar-refractivity contribution in [3.8, 4) is 17.3 Å². The molecule has 0 N–H and O–H groups in total. The molecule has 0 radical (unpaired) electrons. The molecule has 0 aliphatic carbocycles. The molecule has 0 saturated heterocycles. The van der Waals surface area contributed by atoms with Crippen LogP contribution in [0.5, 0.6) is 0 Å². The van der Waals surface area contributed by atoms with E-state index < -0.39 is 0 Å². The SMILES string of the molecule is CC(C)c1ccc(-c2nc3scc(C(C)C)n3c2CC#N)cc1. The number of aromatic nitrogens is 2. The Morgan fingerprint density at radius 2 is 1.83 bits per heavy atom. The van der Waals surface area contributed by atoms with Crippen LogP contribution in [-0.2, 0) is 6.42 Å². The van der Waals surface area contributed by atoms with E-state index >= 15 is 0 Å². The number of rotatable bonds is 4. The van der Waals surface area contributed by atoms with Crippen molar-refractivity contribution in [2.45, 2.75) is 46.0 Å². The zero-order chi connectivity index (χ0) is 16.6. The monoisotopic (exact) mass is 323 g/mol. The summed E-state index contributed by atoms with van der Waals surface area (Å²) in [5.74, 6) is 0.923. The fourth-order valence-corrected chi connectivity index (χ4v) is 3.90. The predicted octanol–water partition coefficient (Wildman–Crippen LogP) is 5.38. The minimum absolute atomic E-state index is 0.374. The van der Waals surface area contributed by atoms with E-state index in [0.717, 1.165) is 21.9 Å². The average molecular weight is 323 g/mol. The number of fused-ring (bicyclic) bond motifs is 1. The molecule has 2 aromatic heterocycles. The minimum atomic E-state index is 0.374. The van der Waals surface area contributed by atoms with Crippen molar-refractivity contribution in [1.82, 2.24) is 9.38 Å². The molecule has 3 rings (SSSR count). The molecule has 2 heterocycles. The molecular formula is C19H21N3S. The summed E-state index contributed by atoms with van der Waals surface area (Å²) in [5, 5.41) is 11.4. The van der Waals surface area contributed by atoms with Gasteiger partial charge < -0.3 is 0 Å². The van der Waals surface area contributed by atoms with Gasteiger partial charge in [0.05, 0.1) is 23.9 Å². The second-order valence-corrected chi connectivity index (χ2v) is 7.29. The Kier molecular flexibility index (Phi) is 4.23. The van der Waals surface area contributed by atoms with Crippen molar-refractivity contribution in [3.63, 3.8) is 0 Å². The predicted molar refractivity (Wildman–Crippen MR) is 96.0 cm³/mol. The zero-order valence-electron chi connectivity index (χ0n) is 14.0. The Labute approximate surface area is 141 Å². The molecule has 0 fully saturated rings. The topological polar surface area (TPSA) is 41.1 Å². The van der Waals surface area contributed by atoms with E-state index in [0.29, 0.717) is 18.3 Å². The van der Waals surface area contributed by atoms with E-state index in [1.165, 1.54) is 11.3 Å². The summed E-state index contributed by atoms with van der Waals surface area (Å²) in [6, 6.07) is 10.9. The van der Waals surface area contributed by atoms with E-state index in [2.05, 4.69) is 67.8 Å². The maximum absolute atomic E-state index is 9.27. The molecule has 1 aromatic carbocycles. The number of thiazole rings is 1. The molecule has 0 unspecified atom stereocenters. The Balaban J connectivity index is 2.17. The highest BCUT2D eigenvalue weighted by Crippen LogP contribution is 2.32. The van der Waals surface area contributed by atoms with Gasteiger partial charge in [0.1, 0.15) is 0 Å². The van der Waals surface area contributed by atoms with Gasteiger partial charge in [-0.15, -0.1) is 11.3 Å². The highest BCUT2D eigenvalue weighted by Gasteiger charge is 2.19. The van der Waals surface area contributed by atoms with Crippen LogP contribution in [-0.4, -0.2) is 9.38 Å². The molecule has 0 bridgehead atoms. The lowest BCUT2D eigenvalue weighted by molar-refractivity contribution is 0.799. The van der Waals surface area contributed by atoms with E-state index in [-0.39, 0.29) is 0 Å². The summed E-state index contributed by atoms with van der Waals surface area (Å²) in [5.41, 5.74) is 5.58. The van der Waals surface area contributed by atoms with Crippen molar-refractivity contribution in [1.29, 1.82) is 5.26 Å².